The normalized spacial score (nSPS) is 24.2. The third-order valence-electron chi connectivity index (χ3n) is 7.05. The third kappa shape index (κ3) is 7.67. The van der Waals surface area contributed by atoms with E-state index in [4.69, 9.17) is 44.8 Å². The third-order valence-corrected chi connectivity index (χ3v) is 8.53. The van der Waals surface area contributed by atoms with E-state index in [-0.39, 0.29) is 37.1 Å². The summed E-state index contributed by atoms with van der Waals surface area (Å²) in [6.07, 6.45) is -4.60. The molecule has 1 saturated heterocycles. The Labute approximate surface area is 275 Å². The van der Waals surface area contributed by atoms with Crippen molar-refractivity contribution in [1.29, 1.82) is 0 Å². The zero-order valence-electron chi connectivity index (χ0n) is 26.9. The van der Waals surface area contributed by atoms with Gasteiger partial charge in [0.1, 0.15) is 24.1 Å². The Morgan fingerprint density at radius 1 is 1.04 bits per heavy atom. The average Bonchev–Trinajstić information content (AvgIpc) is 3.48. The number of carbonyl (C=O) groups is 5. The predicted octanol–water partition coefficient (Wildman–Crippen LogP) is 5.10. The Hall–Kier alpha value is -3.62. The summed E-state index contributed by atoms with van der Waals surface area (Å²) in [6.45, 7) is 11.7. The van der Waals surface area contributed by atoms with Gasteiger partial charge in [-0.25, -0.2) is 4.79 Å². The molecule has 0 radical (unpaired) electrons. The maximum atomic E-state index is 13.4. The van der Waals surface area contributed by atoms with Gasteiger partial charge < -0.3 is 28.4 Å². The van der Waals surface area contributed by atoms with Crippen molar-refractivity contribution in [3.8, 4) is 5.75 Å². The smallest absolute Gasteiger partial charge is 0.417 e. The maximum absolute atomic E-state index is 13.4. The van der Waals surface area contributed by atoms with Gasteiger partial charge in [-0.1, -0.05) is 0 Å². The number of esters is 4. The van der Waals surface area contributed by atoms with Crippen LogP contribution >= 0.6 is 22.9 Å². The van der Waals surface area contributed by atoms with Gasteiger partial charge in [-0.05, 0) is 44.2 Å². The number of fused-ring (bicyclic) bond motifs is 3. The lowest BCUT2D eigenvalue weighted by Crippen LogP contribution is -2.65. The lowest BCUT2D eigenvalue weighted by molar-refractivity contribution is -0.406. The number of hydrogen-bond donors (Lipinski definition) is 0. The van der Waals surface area contributed by atoms with Gasteiger partial charge in [0, 0.05) is 63.9 Å². The van der Waals surface area contributed by atoms with E-state index in [0.717, 1.165) is 37.3 Å². The van der Waals surface area contributed by atoms with Crippen molar-refractivity contribution >= 4 is 68.7 Å². The zero-order chi connectivity index (χ0) is 34.1. The van der Waals surface area contributed by atoms with Gasteiger partial charge in [0.2, 0.25) is 6.10 Å². The molecule has 1 aromatic heterocycles. The largest absolute Gasteiger partial charge is 0.463 e. The summed E-state index contributed by atoms with van der Waals surface area (Å²) in [5.41, 5.74) is 1.36. The highest BCUT2D eigenvalue weighted by Crippen LogP contribution is 2.50. The number of rotatable bonds is 8. The van der Waals surface area contributed by atoms with Crippen LogP contribution < -0.4 is 9.64 Å². The first-order chi connectivity index (χ1) is 21.4. The summed E-state index contributed by atoms with van der Waals surface area (Å²) < 4.78 is 40.9. The second kappa shape index (κ2) is 13.6. The Balaban J connectivity index is 1.93. The second-order valence-electron chi connectivity index (χ2n) is 12.1. The standard InChI is InChI=1S/C31H38ClNO12S/c1-15-14-46-27-23(10-22-26(25(15)27)20(11-32)12-33(22)29(38)45-30(6,7)8)44-31(42-19(5)37)28(41-18(4)36)24(40-17(3)35)9-21(43-31)13-39-16(2)34/h10,14,20-21,24,28H,9,11-13H2,1-8H3/t20?,21-,24+,28-,31+/m1/s1. The number of thiophene rings is 1. The molecule has 15 heteroatoms. The molecule has 46 heavy (non-hydrogen) atoms. The van der Waals surface area contributed by atoms with Gasteiger partial charge in [0.05, 0.1) is 10.4 Å². The number of aryl methyl sites for hydroxylation is 1. The Kier molecular flexibility index (Phi) is 10.4. The summed E-state index contributed by atoms with van der Waals surface area (Å²) >= 11 is 7.74. The van der Waals surface area contributed by atoms with E-state index in [0.29, 0.717) is 10.4 Å². The van der Waals surface area contributed by atoms with Gasteiger partial charge in [0.15, 0.2) is 6.10 Å². The fourth-order valence-electron chi connectivity index (χ4n) is 5.55. The molecule has 0 aliphatic carbocycles. The molecule has 4 rings (SSSR count). The number of nitrogens with zero attached hydrogens (tertiary/aromatic N) is 1. The number of hydrogen-bond acceptors (Lipinski definition) is 13. The number of halogens is 1. The highest BCUT2D eigenvalue weighted by atomic mass is 35.5. The lowest BCUT2D eigenvalue weighted by atomic mass is 9.96. The van der Waals surface area contributed by atoms with E-state index >= 15 is 0 Å². The highest BCUT2D eigenvalue weighted by molar-refractivity contribution is 7.17. The average molecular weight is 684 g/mol. The van der Waals surface area contributed by atoms with Crippen molar-refractivity contribution in [2.24, 2.45) is 0 Å². The molecule has 2 aliphatic rings. The van der Waals surface area contributed by atoms with Crippen LogP contribution in [0, 0.1) is 6.92 Å². The summed E-state index contributed by atoms with van der Waals surface area (Å²) in [5.74, 6) is -5.48. The molecule has 0 saturated carbocycles. The molecule has 0 N–H and O–H groups in total. The lowest BCUT2D eigenvalue weighted by Gasteiger charge is -2.46. The van der Waals surface area contributed by atoms with E-state index < -0.39 is 59.9 Å². The maximum Gasteiger partial charge on any atom is 0.417 e. The quantitative estimate of drug-likeness (QED) is 0.157. The molecule has 1 unspecified atom stereocenters. The van der Waals surface area contributed by atoms with Crippen molar-refractivity contribution in [3.05, 3.63) is 22.6 Å². The van der Waals surface area contributed by atoms with Crippen LogP contribution in [0.4, 0.5) is 10.5 Å². The fraction of sp³-hybridized carbons (Fsp3) is 0.581. The molecule has 1 amide bonds. The number of benzene rings is 1. The molecule has 5 atom stereocenters. The number of anilines is 1. The number of amides is 1. The van der Waals surface area contributed by atoms with Crippen molar-refractivity contribution in [3.63, 3.8) is 0 Å². The molecule has 0 bridgehead atoms. The molecular weight excluding hydrogens is 646 g/mol. The first-order valence-corrected chi connectivity index (χ1v) is 16.0. The summed E-state index contributed by atoms with van der Waals surface area (Å²) in [7, 11) is 0. The van der Waals surface area contributed by atoms with Crippen molar-refractivity contribution in [2.75, 3.05) is 23.9 Å². The number of ether oxygens (including phenoxy) is 7. The van der Waals surface area contributed by atoms with Crippen LogP contribution in [-0.2, 0) is 47.6 Å². The molecule has 252 valence electrons. The molecule has 1 fully saturated rings. The van der Waals surface area contributed by atoms with Gasteiger partial charge in [0.25, 0.3) is 0 Å². The summed E-state index contributed by atoms with van der Waals surface area (Å²) in [4.78, 5) is 63.8. The van der Waals surface area contributed by atoms with Crippen LogP contribution in [0.15, 0.2) is 11.4 Å². The molecule has 2 aromatic rings. The summed E-state index contributed by atoms with van der Waals surface area (Å²) in [6, 6.07) is 1.58. The van der Waals surface area contributed by atoms with E-state index in [9.17, 15) is 24.0 Å². The number of alkyl halides is 1. The molecule has 3 heterocycles. The van der Waals surface area contributed by atoms with Crippen LogP contribution in [0.25, 0.3) is 10.1 Å². The molecule has 2 aliphatic heterocycles. The first-order valence-electron chi connectivity index (χ1n) is 14.6. The Morgan fingerprint density at radius 2 is 1.72 bits per heavy atom. The first kappa shape index (κ1) is 35.2. The van der Waals surface area contributed by atoms with Crippen LogP contribution in [0.5, 0.6) is 5.75 Å². The molecular formula is C31H38ClNO12S. The van der Waals surface area contributed by atoms with Crippen molar-refractivity contribution < 1.29 is 57.1 Å². The topological polar surface area (TPSA) is 153 Å². The van der Waals surface area contributed by atoms with Crippen molar-refractivity contribution in [1.82, 2.24) is 0 Å². The van der Waals surface area contributed by atoms with E-state index in [1.54, 1.807) is 26.8 Å². The van der Waals surface area contributed by atoms with Gasteiger partial charge in [-0.15, -0.1) is 22.9 Å². The Morgan fingerprint density at radius 3 is 2.28 bits per heavy atom. The molecule has 13 nitrogen and oxygen atoms in total. The minimum atomic E-state index is -2.53. The highest BCUT2D eigenvalue weighted by Gasteiger charge is 2.60. The van der Waals surface area contributed by atoms with Gasteiger partial charge in [-0.2, -0.15) is 0 Å². The molecule has 1 aromatic carbocycles. The minimum absolute atomic E-state index is 0.0985. The summed E-state index contributed by atoms with van der Waals surface area (Å²) in [5, 5.41) is 2.66. The van der Waals surface area contributed by atoms with Crippen LogP contribution in [0.1, 0.15) is 71.9 Å². The monoisotopic (exact) mass is 683 g/mol. The van der Waals surface area contributed by atoms with E-state index in [2.05, 4.69) is 0 Å². The molecule has 0 spiro atoms. The fourth-order valence-corrected chi connectivity index (χ4v) is 6.82. The Bertz CT molecular complexity index is 1530. The van der Waals surface area contributed by atoms with Crippen molar-refractivity contribution in [2.45, 2.75) is 97.6 Å². The van der Waals surface area contributed by atoms with E-state index in [1.165, 1.54) is 23.2 Å². The zero-order valence-corrected chi connectivity index (χ0v) is 28.5. The van der Waals surface area contributed by atoms with Crippen LogP contribution in [0.2, 0.25) is 0 Å². The number of carbonyl (C=O) groups excluding carboxylic acids is 5. The minimum Gasteiger partial charge on any atom is -0.463 e. The van der Waals surface area contributed by atoms with Crippen LogP contribution in [-0.4, -0.2) is 78.9 Å². The predicted molar refractivity (Wildman–Crippen MR) is 166 cm³/mol. The van der Waals surface area contributed by atoms with E-state index in [1.807, 2.05) is 12.3 Å². The van der Waals surface area contributed by atoms with Crippen LogP contribution in [0.3, 0.4) is 0 Å². The van der Waals surface area contributed by atoms with Gasteiger partial charge in [-0.3, -0.25) is 28.8 Å². The second-order valence-corrected chi connectivity index (χ2v) is 13.3. The SMILES string of the molecule is CC(=O)OC[C@H]1C[C@H](OC(C)=O)[C@@H](OC(C)=O)[C@@](OC(C)=O)(Oc2cc3c(c4c(C)csc24)C(CCl)CN3C(=O)OC(C)(C)C)O1. The van der Waals surface area contributed by atoms with Gasteiger partial charge >= 0.3 is 35.9 Å².